The number of hydrogen-bond acceptors (Lipinski definition) is 4. The van der Waals surface area contributed by atoms with E-state index in [2.05, 4.69) is 29.6 Å². The zero-order valence-corrected chi connectivity index (χ0v) is 19.1. The molecule has 0 spiro atoms. The van der Waals surface area contributed by atoms with Gasteiger partial charge in [-0.15, -0.1) is 0 Å². The normalized spacial score (nSPS) is 30.2. The van der Waals surface area contributed by atoms with Gasteiger partial charge in [0.15, 0.2) is 0 Å². The molecule has 5 aliphatic rings. The lowest BCUT2D eigenvalue weighted by Crippen LogP contribution is -2.56. The van der Waals surface area contributed by atoms with Crippen molar-refractivity contribution in [1.29, 1.82) is 0 Å². The Bertz CT molecular complexity index is 1160. The second-order valence-electron chi connectivity index (χ2n) is 10.7. The van der Waals surface area contributed by atoms with Crippen molar-refractivity contribution in [2.45, 2.75) is 37.6 Å². The maximum Gasteiger partial charge on any atom is 0.407 e. The first kappa shape index (κ1) is 21.2. The van der Waals surface area contributed by atoms with Crippen LogP contribution in [0.15, 0.2) is 48.5 Å². The molecule has 2 aliphatic heterocycles. The number of ether oxygens (including phenoxy) is 1. The molecule has 3 aliphatic carbocycles. The highest BCUT2D eigenvalue weighted by Crippen LogP contribution is 2.60. The van der Waals surface area contributed by atoms with Crippen LogP contribution in [0.2, 0.25) is 0 Å². The fraction of sp³-hybridized carbons (Fsp3) is 0.444. The van der Waals surface area contributed by atoms with E-state index in [0.717, 1.165) is 11.1 Å². The Morgan fingerprint density at radius 3 is 2.29 bits per heavy atom. The van der Waals surface area contributed by atoms with E-state index in [-0.39, 0.29) is 35.7 Å². The van der Waals surface area contributed by atoms with Gasteiger partial charge in [0, 0.05) is 24.9 Å². The highest BCUT2D eigenvalue weighted by atomic mass is 16.5. The number of nitrogens with zero attached hydrogens (tertiary/aromatic N) is 1. The van der Waals surface area contributed by atoms with Crippen LogP contribution < -0.4 is 5.32 Å². The first-order valence-electron chi connectivity index (χ1n) is 12.0. The minimum absolute atomic E-state index is 0.00336. The van der Waals surface area contributed by atoms with Crippen molar-refractivity contribution in [3.63, 3.8) is 0 Å². The molecule has 7 heteroatoms. The highest BCUT2D eigenvalue weighted by molar-refractivity contribution is 5.92. The van der Waals surface area contributed by atoms with E-state index in [4.69, 9.17) is 4.74 Å². The van der Waals surface area contributed by atoms with Crippen molar-refractivity contribution in [3.8, 4) is 11.1 Å². The third kappa shape index (κ3) is 3.13. The van der Waals surface area contributed by atoms with Gasteiger partial charge in [-0.25, -0.2) is 9.59 Å². The molecule has 7 nitrogen and oxygen atoms in total. The average Bonchev–Trinajstić information content (AvgIpc) is 3.31. The number of benzene rings is 2. The van der Waals surface area contributed by atoms with Gasteiger partial charge in [-0.2, -0.15) is 0 Å². The molecule has 2 heterocycles. The minimum atomic E-state index is -1.01. The molecular weight excluding hydrogens is 432 g/mol. The predicted octanol–water partition coefficient (Wildman–Crippen LogP) is 3.63. The quantitative estimate of drug-likeness (QED) is 0.686. The Balaban J connectivity index is 1.02. The van der Waals surface area contributed by atoms with Crippen LogP contribution in [0, 0.1) is 17.3 Å². The number of hydrogen-bond donors (Lipinski definition) is 2. The zero-order chi connectivity index (χ0) is 23.7. The largest absolute Gasteiger partial charge is 0.479 e. The van der Waals surface area contributed by atoms with Crippen molar-refractivity contribution >= 4 is 18.0 Å². The summed E-state index contributed by atoms with van der Waals surface area (Å²) in [5, 5.41) is 12.5. The van der Waals surface area contributed by atoms with Crippen LogP contribution in [0.1, 0.15) is 43.2 Å². The summed E-state index contributed by atoms with van der Waals surface area (Å²) in [7, 11) is 0. The molecule has 4 fully saturated rings. The number of rotatable bonds is 6. The molecule has 2 saturated carbocycles. The average molecular weight is 461 g/mol. The van der Waals surface area contributed by atoms with Gasteiger partial charge >= 0.3 is 12.1 Å². The lowest BCUT2D eigenvalue weighted by molar-refractivity contribution is -0.160. The molecule has 7 rings (SSSR count). The molecular formula is C27H28N2O5. The summed E-state index contributed by atoms with van der Waals surface area (Å²) in [4.78, 5) is 38.8. The van der Waals surface area contributed by atoms with Gasteiger partial charge in [0.25, 0.3) is 0 Å². The Morgan fingerprint density at radius 2 is 1.68 bits per heavy atom. The van der Waals surface area contributed by atoms with Gasteiger partial charge < -0.3 is 20.1 Å². The maximum absolute atomic E-state index is 13.0. The molecule has 0 radical (unpaired) electrons. The van der Waals surface area contributed by atoms with E-state index < -0.39 is 17.6 Å². The summed E-state index contributed by atoms with van der Waals surface area (Å²) in [5.74, 6) is -1.16. The van der Waals surface area contributed by atoms with Crippen molar-refractivity contribution in [1.82, 2.24) is 10.2 Å². The van der Waals surface area contributed by atoms with Crippen LogP contribution in [0.4, 0.5) is 4.79 Å². The molecule has 2 unspecified atom stereocenters. The van der Waals surface area contributed by atoms with Gasteiger partial charge in [0.2, 0.25) is 5.91 Å². The molecule has 2 aromatic carbocycles. The monoisotopic (exact) mass is 460 g/mol. The third-order valence-electron chi connectivity index (χ3n) is 8.25. The van der Waals surface area contributed by atoms with Gasteiger partial charge in [-0.05, 0) is 52.8 Å². The minimum Gasteiger partial charge on any atom is -0.479 e. The summed E-state index contributed by atoms with van der Waals surface area (Å²) in [6.07, 6.45) is 1.26. The van der Waals surface area contributed by atoms with Crippen molar-refractivity contribution in [2.24, 2.45) is 17.3 Å². The van der Waals surface area contributed by atoms with Crippen molar-refractivity contribution in [2.75, 3.05) is 19.7 Å². The molecule has 2 N–H and O–H groups in total. The summed E-state index contributed by atoms with van der Waals surface area (Å²) in [6, 6.07) is 16.4. The molecule has 2 bridgehead atoms. The molecule has 2 amide bonds. The first-order chi connectivity index (χ1) is 16.3. The zero-order valence-electron chi connectivity index (χ0n) is 19.1. The third-order valence-corrected chi connectivity index (χ3v) is 8.25. The standard InChI is InChI=1S/C27H28N2O5/c1-26-13-27(14-26,24(31)32)29(15-26)23(30)21-10-16(21)11-28-25(33)34-12-22-19-8-4-2-6-17(19)18-7-3-5-9-20(18)22/h2-9,16,21-22H,10-15H2,1H3,(H,28,33)(H,31,32). The van der Waals surface area contributed by atoms with E-state index >= 15 is 0 Å². The maximum atomic E-state index is 13.0. The fourth-order valence-corrected chi connectivity index (χ4v) is 6.59. The van der Waals surface area contributed by atoms with E-state index in [9.17, 15) is 19.5 Å². The van der Waals surface area contributed by atoms with E-state index in [1.54, 1.807) is 4.90 Å². The van der Waals surface area contributed by atoms with Crippen LogP contribution in [-0.2, 0) is 14.3 Å². The number of carboxylic acid groups (broad SMARTS) is 1. The van der Waals surface area contributed by atoms with Crippen molar-refractivity contribution < 1.29 is 24.2 Å². The van der Waals surface area contributed by atoms with Gasteiger partial charge in [-0.3, -0.25) is 4.79 Å². The number of alkyl carbamates (subject to hydrolysis) is 1. The Morgan fingerprint density at radius 1 is 1.06 bits per heavy atom. The van der Waals surface area contributed by atoms with Gasteiger partial charge in [0.05, 0.1) is 0 Å². The smallest absolute Gasteiger partial charge is 0.407 e. The Hall–Kier alpha value is -3.35. The fourth-order valence-electron chi connectivity index (χ4n) is 6.59. The lowest BCUT2D eigenvalue weighted by atomic mass is 9.63. The SMILES string of the molecule is CC12CN(C(=O)C3CC3CNC(=O)OCC3c4ccccc4-c4ccccc43)C(C(=O)O)(C1)C2. The number of nitrogens with one attached hydrogen (secondary N) is 1. The predicted molar refractivity (Wildman–Crippen MR) is 124 cm³/mol. The van der Waals surface area contributed by atoms with Crippen molar-refractivity contribution in [3.05, 3.63) is 59.7 Å². The molecule has 2 saturated heterocycles. The first-order valence-corrected chi connectivity index (χ1v) is 12.0. The van der Waals surface area contributed by atoms with Crippen LogP contribution in [-0.4, -0.2) is 53.2 Å². The molecule has 0 aromatic heterocycles. The Labute approximate surface area is 198 Å². The number of fused-ring (bicyclic) bond motifs is 4. The van der Waals surface area contributed by atoms with Crippen LogP contribution in [0.3, 0.4) is 0 Å². The topological polar surface area (TPSA) is 95.9 Å². The summed E-state index contributed by atoms with van der Waals surface area (Å²) < 4.78 is 5.57. The Kier molecular flexibility index (Phi) is 4.57. The summed E-state index contributed by atoms with van der Waals surface area (Å²) in [5.41, 5.74) is 3.60. The molecule has 34 heavy (non-hydrogen) atoms. The number of carbonyl (C=O) groups is 3. The van der Waals surface area contributed by atoms with Crippen LogP contribution >= 0.6 is 0 Å². The number of aliphatic carboxylic acids is 1. The summed E-state index contributed by atoms with van der Waals surface area (Å²) >= 11 is 0. The number of carboxylic acids is 1. The number of amides is 2. The van der Waals surface area contributed by atoms with E-state index in [1.807, 2.05) is 31.2 Å². The second-order valence-corrected chi connectivity index (χ2v) is 10.7. The molecule has 176 valence electrons. The van der Waals surface area contributed by atoms with E-state index in [1.165, 1.54) is 11.1 Å². The molecule has 2 aromatic rings. The van der Waals surface area contributed by atoms with Crippen LogP contribution in [0.5, 0.6) is 0 Å². The lowest BCUT2D eigenvalue weighted by Gasteiger charge is -2.42. The number of carbonyl (C=O) groups excluding carboxylic acids is 2. The second kappa shape index (κ2) is 7.32. The van der Waals surface area contributed by atoms with Gasteiger partial charge in [0.1, 0.15) is 12.1 Å². The van der Waals surface area contributed by atoms with Gasteiger partial charge in [-0.1, -0.05) is 55.5 Å². The summed E-state index contributed by atoms with van der Waals surface area (Å²) in [6.45, 7) is 3.17. The molecule has 2 atom stereocenters. The highest BCUT2D eigenvalue weighted by Gasteiger charge is 2.69. The van der Waals surface area contributed by atoms with E-state index in [0.29, 0.717) is 32.4 Å². The van der Waals surface area contributed by atoms with Crippen LogP contribution in [0.25, 0.3) is 11.1 Å².